The Balaban J connectivity index is 1.01. The van der Waals surface area contributed by atoms with Gasteiger partial charge in [0.25, 0.3) is 5.91 Å². The number of hydrogen-bond acceptors (Lipinski definition) is 8. The van der Waals surface area contributed by atoms with Crippen molar-refractivity contribution >= 4 is 5.91 Å². The van der Waals surface area contributed by atoms with Crippen molar-refractivity contribution in [2.45, 2.75) is 56.0 Å². The highest BCUT2D eigenvalue weighted by Gasteiger charge is 2.38. The molecular formula is C29H29F3N8O2. The minimum Gasteiger partial charge on any atom is -0.384 e. The number of imidazole rings is 1. The molecule has 1 aliphatic carbocycles. The topological polar surface area (TPSA) is 122 Å². The Labute approximate surface area is 239 Å². The lowest BCUT2D eigenvalue weighted by Gasteiger charge is -2.37. The fourth-order valence-electron chi connectivity index (χ4n) is 5.64. The van der Waals surface area contributed by atoms with Crippen LogP contribution < -0.4 is 5.32 Å². The van der Waals surface area contributed by atoms with E-state index in [1.54, 1.807) is 29.6 Å². The summed E-state index contributed by atoms with van der Waals surface area (Å²) in [6.07, 6.45) is 7.75. The SMILES string of the molecule is O=C(c1cn(-c2cc(C(F)(F)F)ccn2)cn1)N1CCC(NC2CCC(O)(c3ccc(-c4ncccn4)cn3)CC2)C1. The van der Waals surface area contributed by atoms with Crippen molar-refractivity contribution in [3.63, 3.8) is 0 Å². The number of carbonyl (C=O) groups excluding carboxylic acids is 1. The fourth-order valence-corrected chi connectivity index (χ4v) is 5.64. The molecule has 0 spiro atoms. The van der Waals surface area contributed by atoms with E-state index < -0.39 is 17.3 Å². The van der Waals surface area contributed by atoms with Crippen molar-refractivity contribution in [1.82, 2.24) is 39.7 Å². The van der Waals surface area contributed by atoms with E-state index in [9.17, 15) is 23.1 Å². The summed E-state index contributed by atoms with van der Waals surface area (Å²) in [4.78, 5) is 35.9. The van der Waals surface area contributed by atoms with Gasteiger partial charge in [0, 0.05) is 61.7 Å². The van der Waals surface area contributed by atoms with E-state index in [2.05, 4.69) is 30.2 Å². The predicted octanol–water partition coefficient (Wildman–Crippen LogP) is 3.77. The number of amides is 1. The van der Waals surface area contributed by atoms with Gasteiger partial charge in [0.2, 0.25) is 0 Å². The molecule has 6 rings (SSSR count). The van der Waals surface area contributed by atoms with Crippen LogP contribution in [0, 0.1) is 0 Å². The maximum absolute atomic E-state index is 13.1. The van der Waals surface area contributed by atoms with Gasteiger partial charge < -0.3 is 15.3 Å². The number of pyridine rings is 2. The molecule has 1 unspecified atom stereocenters. The van der Waals surface area contributed by atoms with Crippen LogP contribution in [0.15, 0.2) is 67.6 Å². The summed E-state index contributed by atoms with van der Waals surface area (Å²) in [6, 6.07) is 7.58. The van der Waals surface area contributed by atoms with Crippen molar-refractivity contribution in [2.24, 2.45) is 0 Å². The van der Waals surface area contributed by atoms with Crippen LogP contribution in [0.5, 0.6) is 0 Å². The number of nitrogens with zero attached hydrogens (tertiary/aromatic N) is 7. The first-order valence-electron chi connectivity index (χ1n) is 13.8. The second-order valence-corrected chi connectivity index (χ2v) is 10.8. The largest absolute Gasteiger partial charge is 0.416 e. The quantitative estimate of drug-likeness (QED) is 0.355. The van der Waals surface area contributed by atoms with Gasteiger partial charge in [-0.3, -0.25) is 14.3 Å². The highest BCUT2D eigenvalue weighted by Crippen LogP contribution is 2.37. The Morgan fingerprint density at radius 1 is 0.976 bits per heavy atom. The fraction of sp³-hybridized carbons (Fsp3) is 0.379. The number of likely N-dealkylation sites (tertiary alicyclic amines) is 1. The zero-order valence-corrected chi connectivity index (χ0v) is 22.6. The highest BCUT2D eigenvalue weighted by atomic mass is 19.4. The molecule has 42 heavy (non-hydrogen) atoms. The third-order valence-electron chi connectivity index (χ3n) is 7.96. The maximum atomic E-state index is 13.1. The molecule has 0 radical (unpaired) electrons. The Kier molecular flexibility index (Phi) is 7.45. The Morgan fingerprint density at radius 2 is 1.76 bits per heavy atom. The van der Waals surface area contributed by atoms with Crippen molar-refractivity contribution in [2.75, 3.05) is 13.1 Å². The summed E-state index contributed by atoms with van der Waals surface area (Å²) in [7, 11) is 0. The number of nitrogens with one attached hydrogen (secondary N) is 1. The summed E-state index contributed by atoms with van der Waals surface area (Å²) in [6.45, 7) is 1.04. The highest BCUT2D eigenvalue weighted by molar-refractivity contribution is 5.92. The van der Waals surface area contributed by atoms with Gasteiger partial charge in [-0.2, -0.15) is 13.2 Å². The minimum absolute atomic E-state index is 0.0333. The molecule has 1 atom stereocenters. The molecule has 1 amide bonds. The maximum Gasteiger partial charge on any atom is 0.416 e. The zero-order chi connectivity index (χ0) is 29.3. The summed E-state index contributed by atoms with van der Waals surface area (Å²) in [5, 5.41) is 15.0. The van der Waals surface area contributed by atoms with Gasteiger partial charge in [0.05, 0.1) is 11.3 Å². The first kappa shape index (κ1) is 27.9. The second kappa shape index (κ2) is 11.2. The van der Waals surface area contributed by atoms with Crippen molar-refractivity contribution < 1.29 is 23.1 Å². The Bertz CT molecular complexity index is 1540. The number of rotatable bonds is 6. The van der Waals surface area contributed by atoms with Crippen LogP contribution in [0.25, 0.3) is 17.2 Å². The molecule has 218 valence electrons. The molecule has 2 fully saturated rings. The van der Waals surface area contributed by atoms with Crippen molar-refractivity contribution in [1.29, 1.82) is 0 Å². The molecule has 4 aromatic rings. The first-order chi connectivity index (χ1) is 20.2. The van der Waals surface area contributed by atoms with Crippen LogP contribution in [0.2, 0.25) is 0 Å². The summed E-state index contributed by atoms with van der Waals surface area (Å²) in [5.74, 6) is 0.339. The van der Waals surface area contributed by atoms with E-state index in [4.69, 9.17) is 0 Å². The summed E-state index contributed by atoms with van der Waals surface area (Å²) in [5.41, 5.74) is -0.249. The molecule has 5 heterocycles. The van der Waals surface area contributed by atoms with E-state index in [-0.39, 0.29) is 29.5 Å². The smallest absolute Gasteiger partial charge is 0.384 e. The number of aliphatic hydroxyl groups is 1. The molecule has 2 N–H and O–H groups in total. The number of hydrogen-bond donors (Lipinski definition) is 2. The molecule has 4 aromatic heterocycles. The molecule has 13 heteroatoms. The molecule has 1 saturated heterocycles. The molecule has 10 nitrogen and oxygen atoms in total. The van der Waals surface area contributed by atoms with Gasteiger partial charge in [-0.15, -0.1) is 0 Å². The predicted molar refractivity (Wildman–Crippen MR) is 145 cm³/mol. The van der Waals surface area contributed by atoms with Gasteiger partial charge in [-0.1, -0.05) is 0 Å². The number of halogens is 3. The first-order valence-corrected chi connectivity index (χ1v) is 13.8. The zero-order valence-electron chi connectivity index (χ0n) is 22.6. The Morgan fingerprint density at radius 3 is 2.48 bits per heavy atom. The van der Waals surface area contributed by atoms with Crippen LogP contribution in [-0.4, -0.2) is 70.6 Å². The van der Waals surface area contributed by atoms with E-state index in [1.807, 2.05) is 12.1 Å². The minimum atomic E-state index is -4.49. The average molecular weight is 579 g/mol. The van der Waals surface area contributed by atoms with Gasteiger partial charge in [0.15, 0.2) is 5.82 Å². The molecule has 2 aliphatic rings. The lowest BCUT2D eigenvalue weighted by atomic mass is 9.79. The van der Waals surface area contributed by atoms with Gasteiger partial charge in [-0.25, -0.2) is 19.9 Å². The molecular weight excluding hydrogens is 549 g/mol. The molecule has 1 aliphatic heterocycles. The number of aromatic nitrogens is 6. The summed E-state index contributed by atoms with van der Waals surface area (Å²) >= 11 is 0. The number of carbonyl (C=O) groups is 1. The monoisotopic (exact) mass is 578 g/mol. The normalized spacial score (nSPS) is 22.8. The second-order valence-electron chi connectivity index (χ2n) is 10.8. The molecule has 0 aromatic carbocycles. The van der Waals surface area contributed by atoms with E-state index in [0.29, 0.717) is 37.4 Å². The lowest BCUT2D eigenvalue weighted by Crippen LogP contribution is -2.45. The van der Waals surface area contributed by atoms with Crippen LogP contribution in [0.4, 0.5) is 13.2 Å². The van der Waals surface area contributed by atoms with Gasteiger partial charge in [0.1, 0.15) is 23.4 Å². The van der Waals surface area contributed by atoms with Crippen LogP contribution in [-0.2, 0) is 11.8 Å². The van der Waals surface area contributed by atoms with E-state index in [0.717, 1.165) is 43.2 Å². The third-order valence-corrected chi connectivity index (χ3v) is 7.96. The summed E-state index contributed by atoms with van der Waals surface area (Å²) < 4.78 is 40.5. The van der Waals surface area contributed by atoms with Crippen molar-refractivity contribution in [3.05, 3.63) is 84.6 Å². The molecule has 1 saturated carbocycles. The van der Waals surface area contributed by atoms with Crippen LogP contribution in [0.3, 0.4) is 0 Å². The molecule has 0 bridgehead atoms. The number of alkyl halides is 3. The van der Waals surface area contributed by atoms with Gasteiger partial charge >= 0.3 is 6.18 Å². The lowest BCUT2D eigenvalue weighted by molar-refractivity contribution is -0.137. The van der Waals surface area contributed by atoms with Crippen LogP contribution >= 0.6 is 0 Å². The Hall–Kier alpha value is -4.23. The third kappa shape index (κ3) is 5.88. The average Bonchev–Trinajstić information content (AvgIpc) is 3.69. The van der Waals surface area contributed by atoms with Crippen LogP contribution in [0.1, 0.15) is 53.8 Å². The van der Waals surface area contributed by atoms with Crippen molar-refractivity contribution in [3.8, 4) is 17.2 Å². The standard InChI is InChI=1S/C29H29F3N8O2/c30-29(31,32)20-6-12-33-25(14-20)40-17-23(37-18-40)27(41)39-13-7-22(16-39)38-21-4-8-28(42,9-5-21)24-3-2-19(15-36-24)26-34-10-1-11-35-26/h1-3,6,10-12,14-15,17-18,21-22,38,42H,4-5,7-9,13,16H2. The van der Waals surface area contributed by atoms with Gasteiger partial charge in [-0.05, 0) is 62.4 Å². The van der Waals surface area contributed by atoms with E-state index in [1.165, 1.54) is 17.1 Å². The van der Waals surface area contributed by atoms with E-state index >= 15 is 0 Å².